The third kappa shape index (κ3) is 10.0. The zero-order valence-corrected chi connectivity index (χ0v) is 29.1. The van der Waals surface area contributed by atoms with Gasteiger partial charge in [-0.05, 0) is 94.3 Å². The van der Waals surface area contributed by atoms with Crippen LogP contribution in [-0.2, 0) is 23.7 Å². The average Bonchev–Trinajstić information content (AvgIpc) is 2.90. The first-order chi connectivity index (χ1) is 19.6. The van der Waals surface area contributed by atoms with Crippen LogP contribution in [0.25, 0.3) is 0 Å². The van der Waals surface area contributed by atoms with Crippen LogP contribution >= 0.6 is 0 Å². The van der Waals surface area contributed by atoms with Gasteiger partial charge in [0.05, 0.1) is 23.7 Å². The van der Waals surface area contributed by atoms with E-state index in [4.69, 9.17) is 18.9 Å². The summed E-state index contributed by atoms with van der Waals surface area (Å²) in [6.45, 7) is 18.7. The Hall–Kier alpha value is -0.890. The lowest BCUT2D eigenvalue weighted by molar-refractivity contribution is -0.328. The van der Waals surface area contributed by atoms with Crippen LogP contribution in [0.15, 0.2) is 0 Å². The largest absolute Gasteiger partial charge is 0.459 e. The predicted octanol–water partition coefficient (Wildman–Crippen LogP) is 2.46. The zero-order valence-electron chi connectivity index (χ0n) is 29.1. The first-order valence-electron chi connectivity index (χ1n) is 15.9. The fourth-order valence-electron chi connectivity index (χ4n) is 6.22. The number of hydrogen-bond donors (Lipinski definition) is 5. The molecule has 0 radical (unpaired) electrons. The van der Waals surface area contributed by atoms with Gasteiger partial charge in [0, 0.05) is 26.1 Å². The number of aliphatic hydroxyl groups is 4. The molecule has 1 fully saturated rings. The molecule has 11 atom stereocenters. The number of carbonyl (C=O) groups is 1. The van der Waals surface area contributed by atoms with Crippen molar-refractivity contribution in [2.24, 2.45) is 11.8 Å². The van der Waals surface area contributed by atoms with Gasteiger partial charge in [-0.25, -0.2) is 0 Å². The van der Waals surface area contributed by atoms with Gasteiger partial charge in [-0.2, -0.15) is 0 Å². The van der Waals surface area contributed by atoms with Gasteiger partial charge in [-0.3, -0.25) is 4.79 Å². The van der Waals surface area contributed by atoms with Crippen LogP contribution in [-0.4, -0.2) is 125 Å². The Morgan fingerprint density at radius 2 is 1.74 bits per heavy atom. The maximum absolute atomic E-state index is 13.7. The highest BCUT2D eigenvalue weighted by Crippen LogP contribution is 2.42. The van der Waals surface area contributed by atoms with Crippen molar-refractivity contribution in [1.29, 1.82) is 0 Å². The van der Waals surface area contributed by atoms with Crippen LogP contribution in [0.4, 0.5) is 0 Å². The number of nitrogens with zero attached hydrogens (tertiary/aromatic N) is 1. The highest BCUT2D eigenvalue weighted by atomic mass is 16.7. The van der Waals surface area contributed by atoms with Crippen LogP contribution in [0.1, 0.15) is 94.9 Å². The van der Waals surface area contributed by atoms with Crippen molar-refractivity contribution in [3.8, 4) is 0 Å². The summed E-state index contributed by atoms with van der Waals surface area (Å²) in [6.07, 6.45) is -2.63. The lowest BCUT2D eigenvalue weighted by Gasteiger charge is -2.53. The second kappa shape index (κ2) is 16.1. The van der Waals surface area contributed by atoms with E-state index >= 15 is 0 Å². The molecule has 0 spiro atoms. The Kier molecular flexibility index (Phi) is 15.0. The summed E-state index contributed by atoms with van der Waals surface area (Å²) in [7, 11) is 5.16. The van der Waals surface area contributed by atoms with E-state index in [1.807, 2.05) is 13.8 Å². The molecule has 1 saturated heterocycles. The average molecular weight is 621 g/mol. The molecule has 1 aliphatic rings. The Morgan fingerprint density at radius 3 is 2.21 bits per heavy atom. The normalized spacial score (nSPS) is 30.7. The van der Waals surface area contributed by atoms with Gasteiger partial charge in [0.25, 0.3) is 0 Å². The van der Waals surface area contributed by atoms with Crippen LogP contribution < -0.4 is 5.32 Å². The SMILES string of the molecule is CCCNC[C@]1(O)[C@H](C)O[C@@H](O[C@@H]([C@H](C)CC(C)(C)O)[C@@H](C)C(=O)O[C@H](CC)[C@@](C)(O)[C@H](O)[C@@H](C)N(C)C)C[C@@]1(C)OC. The van der Waals surface area contributed by atoms with Gasteiger partial charge < -0.3 is 49.6 Å². The molecule has 11 heteroatoms. The quantitative estimate of drug-likeness (QED) is 0.114. The summed E-state index contributed by atoms with van der Waals surface area (Å²) in [4.78, 5) is 15.4. The molecule has 11 nitrogen and oxygen atoms in total. The van der Waals surface area contributed by atoms with Crippen molar-refractivity contribution in [3.05, 3.63) is 0 Å². The second-order valence-corrected chi connectivity index (χ2v) is 14.0. The van der Waals surface area contributed by atoms with E-state index in [-0.39, 0.29) is 31.3 Å². The monoisotopic (exact) mass is 620 g/mol. The van der Waals surface area contributed by atoms with E-state index < -0.39 is 65.0 Å². The molecule has 0 aromatic rings. The minimum atomic E-state index is -1.71. The third-order valence-electron chi connectivity index (χ3n) is 9.48. The fraction of sp³-hybridized carbons (Fsp3) is 0.969. The molecule has 0 aromatic heterocycles. The highest BCUT2D eigenvalue weighted by Gasteiger charge is 2.57. The molecule has 1 heterocycles. The Bertz CT molecular complexity index is 851. The Balaban J connectivity index is 3.28. The topological polar surface area (TPSA) is 150 Å². The summed E-state index contributed by atoms with van der Waals surface area (Å²) < 4.78 is 24.5. The van der Waals surface area contributed by atoms with Crippen LogP contribution in [0.5, 0.6) is 0 Å². The van der Waals surface area contributed by atoms with Crippen molar-refractivity contribution < 1.29 is 44.2 Å². The van der Waals surface area contributed by atoms with E-state index in [0.29, 0.717) is 6.42 Å². The number of likely N-dealkylation sites (N-methyl/N-ethyl adjacent to an activating group) is 1. The molecule has 1 aliphatic heterocycles. The number of carbonyl (C=O) groups excluding carboxylic acids is 1. The van der Waals surface area contributed by atoms with E-state index in [1.165, 1.54) is 6.92 Å². The Morgan fingerprint density at radius 1 is 1.16 bits per heavy atom. The van der Waals surface area contributed by atoms with Crippen molar-refractivity contribution in [2.75, 3.05) is 34.3 Å². The molecule has 5 N–H and O–H groups in total. The first-order valence-corrected chi connectivity index (χ1v) is 15.9. The minimum absolute atomic E-state index is 0.201. The van der Waals surface area contributed by atoms with Crippen LogP contribution in [0.2, 0.25) is 0 Å². The highest BCUT2D eigenvalue weighted by molar-refractivity contribution is 5.73. The number of nitrogens with one attached hydrogen (secondary N) is 1. The molecule has 0 saturated carbocycles. The van der Waals surface area contributed by atoms with Crippen molar-refractivity contribution >= 4 is 5.97 Å². The minimum Gasteiger partial charge on any atom is -0.459 e. The van der Waals surface area contributed by atoms with Crippen molar-refractivity contribution in [1.82, 2.24) is 10.2 Å². The summed E-state index contributed by atoms with van der Waals surface area (Å²) in [5, 5.41) is 47.8. The number of hydrogen-bond acceptors (Lipinski definition) is 11. The zero-order chi connectivity index (χ0) is 33.6. The molecule has 0 aliphatic carbocycles. The first kappa shape index (κ1) is 40.1. The third-order valence-corrected chi connectivity index (χ3v) is 9.48. The molecule has 0 bridgehead atoms. The van der Waals surface area contributed by atoms with Crippen LogP contribution in [0, 0.1) is 11.8 Å². The van der Waals surface area contributed by atoms with Gasteiger partial charge in [0.15, 0.2) is 6.29 Å². The lowest BCUT2D eigenvalue weighted by Crippen LogP contribution is -2.70. The van der Waals surface area contributed by atoms with Gasteiger partial charge in [0.1, 0.15) is 29.0 Å². The van der Waals surface area contributed by atoms with E-state index in [9.17, 15) is 25.2 Å². The van der Waals surface area contributed by atoms with Gasteiger partial charge >= 0.3 is 5.97 Å². The molecular formula is C32H64N2O9. The van der Waals surface area contributed by atoms with Crippen molar-refractivity contribution in [2.45, 2.75) is 154 Å². The summed E-state index contributed by atoms with van der Waals surface area (Å²) in [5.74, 6) is -1.71. The molecule has 0 amide bonds. The molecule has 256 valence electrons. The number of rotatable bonds is 18. The lowest BCUT2D eigenvalue weighted by atomic mass is 9.75. The summed E-state index contributed by atoms with van der Waals surface area (Å²) in [5.41, 5.74) is -5.09. The second-order valence-electron chi connectivity index (χ2n) is 14.0. The van der Waals surface area contributed by atoms with Gasteiger partial charge in [0.2, 0.25) is 0 Å². The Labute approximate surface area is 260 Å². The number of aliphatic hydroxyl groups excluding tert-OH is 1. The van der Waals surface area contributed by atoms with E-state index in [1.54, 1.807) is 67.6 Å². The predicted molar refractivity (Wildman–Crippen MR) is 167 cm³/mol. The van der Waals surface area contributed by atoms with Gasteiger partial charge in [-0.1, -0.05) is 20.8 Å². The maximum atomic E-state index is 13.7. The number of methoxy groups -OCH3 is 1. The van der Waals surface area contributed by atoms with E-state index in [2.05, 4.69) is 12.2 Å². The number of ether oxygens (including phenoxy) is 4. The summed E-state index contributed by atoms with van der Waals surface area (Å²) >= 11 is 0. The van der Waals surface area contributed by atoms with Crippen LogP contribution in [0.3, 0.4) is 0 Å². The smallest absolute Gasteiger partial charge is 0.311 e. The van der Waals surface area contributed by atoms with Gasteiger partial charge in [-0.15, -0.1) is 0 Å². The number of esters is 1. The molecule has 1 rings (SSSR count). The molecule has 43 heavy (non-hydrogen) atoms. The molecule has 0 aromatic carbocycles. The standard InChI is InChI=1S/C32H64N2O9/c1-14-16-33-19-32(39)23(6)41-25(18-30(32,9)40-13)43-26(20(3)17-29(7,8)37)21(4)28(36)42-24(15-2)31(10,38)27(35)22(5)34(11)12/h20-27,33,35,37-39H,14-19H2,1-13H3/t20-,21-,22-,23+,24-,25+,26+,27-,30-,31-,32+/m1/s1. The van der Waals surface area contributed by atoms with Crippen molar-refractivity contribution in [3.63, 3.8) is 0 Å². The molecular weight excluding hydrogens is 556 g/mol. The summed E-state index contributed by atoms with van der Waals surface area (Å²) in [6, 6.07) is -0.389. The fourth-order valence-corrected chi connectivity index (χ4v) is 6.22. The van der Waals surface area contributed by atoms with E-state index in [0.717, 1.165) is 13.0 Å². The maximum Gasteiger partial charge on any atom is 0.311 e. The molecule has 0 unspecified atom stereocenters.